The fourth-order valence-corrected chi connectivity index (χ4v) is 3.34. The van der Waals surface area contributed by atoms with Crippen molar-refractivity contribution >= 4 is 40.3 Å². The van der Waals surface area contributed by atoms with Crippen molar-refractivity contribution < 1.29 is 13.9 Å². The van der Waals surface area contributed by atoms with Crippen LogP contribution in [0, 0.1) is 6.92 Å². The van der Waals surface area contributed by atoms with E-state index >= 15 is 0 Å². The van der Waals surface area contributed by atoms with E-state index in [1.807, 2.05) is 25.1 Å². The minimum absolute atomic E-state index is 0.139. The van der Waals surface area contributed by atoms with Gasteiger partial charge < -0.3 is 9.15 Å². The predicted octanol–water partition coefficient (Wildman–Crippen LogP) is 5.14. The minimum atomic E-state index is -0.502. The second kappa shape index (κ2) is 9.11. The van der Waals surface area contributed by atoms with Crippen molar-refractivity contribution in [1.82, 2.24) is 0 Å². The largest absolute Gasteiger partial charge is 0.462 e. The van der Waals surface area contributed by atoms with Crippen molar-refractivity contribution in [3.05, 3.63) is 51.4 Å². The third-order valence-corrected chi connectivity index (χ3v) is 5.23. The molecule has 4 nitrogen and oxygen atoms in total. The number of hydrogen-bond donors (Lipinski definition) is 0. The first kappa shape index (κ1) is 19.6. The summed E-state index contributed by atoms with van der Waals surface area (Å²) in [5.41, 5.74) is 1.23. The minimum Gasteiger partial charge on any atom is -0.462 e. The first-order valence-corrected chi connectivity index (χ1v) is 9.45. The van der Waals surface area contributed by atoms with Gasteiger partial charge in [0.1, 0.15) is 10.6 Å². The van der Waals surface area contributed by atoms with Gasteiger partial charge in [-0.1, -0.05) is 18.2 Å². The van der Waals surface area contributed by atoms with Gasteiger partial charge in [-0.25, -0.2) is 9.59 Å². The molecule has 6 heteroatoms. The SMILES string of the molecule is C=C(C)C(=O)OCCCCCSc1ccc2c(C)c(Cl)c(=O)oc2c1. The molecule has 0 aliphatic rings. The van der Waals surface area contributed by atoms with E-state index in [9.17, 15) is 9.59 Å². The number of thioether (sulfide) groups is 1. The molecule has 2 aromatic rings. The topological polar surface area (TPSA) is 56.5 Å². The Balaban J connectivity index is 1.80. The average molecular weight is 381 g/mol. The molecule has 0 aliphatic carbocycles. The molecule has 25 heavy (non-hydrogen) atoms. The summed E-state index contributed by atoms with van der Waals surface area (Å²) in [6.45, 7) is 7.42. The standard InChI is InChI=1S/C19H21ClO4S/c1-12(2)18(21)23-9-5-4-6-10-25-14-7-8-15-13(3)17(20)19(22)24-16(15)11-14/h7-8,11H,1,4-6,9-10H2,2-3H3. The van der Waals surface area contributed by atoms with Crippen LogP contribution in [0.3, 0.4) is 0 Å². The number of halogens is 1. The van der Waals surface area contributed by atoms with E-state index in [1.54, 1.807) is 18.7 Å². The number of benzene rings is 1. The molecule has 0 unspecified atom stereocenters. The summed E-state index contributed by atoms with van der Waals surface area (Å²) in [4.78, 5) is 23.9. The Kier molecular flexibility index (Phi) is 7.14. The molecule has 1 heterocycles. The first-order chi connectivity index (χ1) is 11.9. The molecule has 0 saturated heterocycles. The van der Waals surface area contributed by atoms with Gasteiger partial charge in [-0.3, -0.25) is 0 Å². The van der Waals surface area contributed by atoms with Crippen LogP contribution in [-0.2, 0) is 9.53 Å². The van der Waals surface area contributed by atoms with Gasteiger partial charge in [-0.2, -0.15) is 0 Å². The summed E-state index contributed by atoms with van der Waals surface area (Å²) in [6.07, 6.45) is 2.83. The fraction of sp³-hybridized carbons (Fsp3) is 0.368. The molecule has 0 N–H and O–H groups in total. The molecule has 0 fully saturated rings. The quantitative estimate of drug-likeness (QED) is 0.209. The molecule has 134 valence electrons. The number of carbonyl (C=O) groups excluding carboxylic acids is 1. The van der Waals surface area contributed by atoms with E-state index in [0.717, 1.165) is 40.9 Å². The van der Waals surface area contributed by atoms with E-state index in [0.29, 0.717) is 17.8 Å². The number of aryl methyl sites for hydroxylation is 1. The zero-order valence-electron chi connectivity index (χ0n) is 14.4. The van der Waals surface area contributed by atoms with Crippen LogP contribution in [0.4, 0.5) is 0 Å². The van der Waals surface area contributed by atoms with Crippen molar-refractivity contribution in [1.29, 1.82) is 0 Å². The van der Waals surface area contributed by atoms with Crippen LogP contribution in [0.15, 0.2) is 44.5 Å². The van der Waals surface area contributed by atoms with E-state index in [1.165, 1.54) is 0 Å². The van der Waals surface area contributed by atoms with Gasteiger partial charge in [-0.15, -0.1) is 11.8 Å². The number of rotatable bonds is 8. The van der Waals surface area contributed by atoms with Crippen molar-refractivity contribution in [3.8, 4) is 0 Å². The molecule has 1 aromatic heterocycles. The Labute approximate surface area is 156 Å². The third-order valence-electron chi connectivity index (χ3n) is 3.71. The van der Waals surface area contributed by atoms with Gasteiger partial charge in [0.25, 0.3) is 0 Å². The van der Waals surface area contributed by atoms with Crippen LogP contribution in [0.25, 0.3) is 11.0 Å². The highest BCUT2D eigenvalue weighted by Crippen LogP contribution is 2.27. The summed E-state index contributed by atoms with van der Waals surface area (Å²) < 4.78 is 10.3. The Morgan fingerprint density at radius 3 is 2.80 bits per heavy atom. The van der Waals surface area contributed by atoms with Gasteiger partial charge >= 0.3 is 11.6 Å². The van der Waals surface area contributed by atoms with Crippen molar-refractivity contribution in [2.45, 2.75) is 38.0 Å². The first-order valence-electron chi connectivity index (χ1n) is 8.08. The maximum absolute atomic E-state index is 11.7. The fourth-order valence-electron chi connectivity index (χ4n) is 2.26. The molecule has 0 radical (unpaired) electrons. The Bertz CT molecular complexity index is 841. The van der Waals surface area contributed by atoms with E-state index in [-0.39, 0.29) is 11.0 Å². The van der Waals surface area contributed by atoms with Gasteiger partial charge in [-0.05, 0) is 62.6 Å². The smallest absolute Gasteiger partial charge is 0.355 e. The monoisotopic (exact) mass is 380 g/mol. The van der Waals surface area contributed by atoms with Crippen molar-refractivity contribution in [2.75, 3.05) is 12.4 Å². The Hall–Kier alpha value is -1.72. The van der Waals surface area contributed by atoms with Crippen LogP contribution in [-0.4, -0.2) is 18.3 Å². The third kappa shape index (κ3) is 5.38. The number of carbonyl (C=O) groups is 1. The lowest BCUT2D eigenvalue weighted by Crippen LogP contribution is -2.06. The van der Waals surface area contributed by atoms with Crippen LogP contribution < -0.4 is 5.63 Å². The zero-order chi connectivity index (χ0) is 18.4. The summed E-state index contributed by atoms with van der Waals surface area (Å²) in [7, 11) is 0. The summed E-state index contributed by atoms with van der Waals surface area (Å²) in [5.74, 6) is 0.610. The molecule has 2 rings (SSSR count). The molecule has 0 atom stereocenters. The number of esters is 1. The summed E-state index contributed by atoms with van der Waals surface area (Å²) >= 11 is 7.63. The summed E-state index contributed by atoms with van der Waals surface area (Å²) in [5, 5.41) is 0.994. The van der Waals surface area contributed by atoms with Crippen LogP contribution in [0.5, 0.6) is 0 Å². The van der Waals surface area contributed by atoms with Crippen LogP contribution in [0.1, 0.15) is 31.7 Å². The number of hydrogen-bond acceptors (Lipinski definition) is 5. The molecule has 0 saturated carbocycles. The van der Waals surface area contributed by atoms with E-state index in [2.05, 4.69) is 6.58 Å². The lowest BCUT2D eigenvalue weighted by atomic mass is 10.1. The molecule has 0 aliphatic heterocycles. The van der Waals surface area contributed by atoms with Crippen LogP contribution in [0.2, 0.25) is 5.02 Å². The predicted molar refractivity (Wildman–Crippen MR) is 103 cm³/mol. The lowest BCUT2D eigenvalue weighted by Gasteiger charge is -2.06. The van der Waals surface area contributed by atoms with Gasteiger partial charge in [0, 0.05) is 15.9 Å². The van der Waals surface area contributed by atoms with E-state index < -0.39 is 5.63 Å². The molecule has 0 spiro atoms. The second-order valence-electron chi connectivity index (χ2n) is 5.81. The van der Waals surface area contributed by atoms with Crippen molar-refractivity contribution in [2.24, 2.45) is 0 Å². The normalized spacial score (nSPS) is 10.8. The maximum atomic E-state index is 11.7. The van der Waals surface area contributed by atoms with E-state index in [4.69, 9.17) is 20.8 Å². The molecule has 1 aromatic carbocycles. The average Bonchev–Trinajstić information content (AvgIpc) is 2.58. The molecular weight excluding hydrogens is 360 g/mol. The Morgan fingerprint density at radius 2 is 2.08 bits per heavy atom. The Morgan fingerprint density at radius 1 is 1.32 bits per heavy atom. The number of unbranched alkanes of at least 4 members (excludes halogenated alkanes) is 2. The highest BCUT2D eigenvalue weighted by Gasteiger charge is 2.09. The van der Waals surface area contributed by atoms with Gasteiger partial charge in [0.05, 0.1) is 6.61 Å². The zero-order valence-corrected chi connectivity index (χ0v) is 16.0. The maximum Gasteiger partial charge on any atom is 0.355 e. The molecule has 0 bridgehead atoms. The second-order valence-corrected chi connectivity index (χ2v) is 7.36. The molecule has 0 amide bonds. The highest BCUT2D eigenvalue weighted by atomic mass is 35.5. The van der Waals surface area contributed by atoms with Gasteiger partial charge in [0.2, 0.25) is 0 Å². The number of ether oxygens (including phenoxy) is 1. The summed E-state index contributed by atoms with van der Waals surface area (Å²) in [6, 6.07) is 5.81. The lowest BCUT2D eigenvalue weighted by molar-refractivity contribution is -0.139. The molecular formula is C19H21ClO4S. The van der Waals surface area contributed by atoms with Crippen LogP contribution >= 0.6 is 23.4 Å². The highest BCUT2D eigenvalue weighted by molar-refractivity contribution is 7.99. The van der Waals surface area contributed by atoms with Crippen molar-refractivity contribution in [3.63, 3.8) is 0 Å². The number of fused-ring (bicyclic) bond motifs is 1. The van der Waals surface area contributed by atoms with Gasteiger partial charge in [0.15, 0.2) is 0 Å².